The normalized spacial score (nSPS) is 13.2. The van der Waals surface area contributed by atoms with Crippen LogP contribution in [0, 0.1) is 0 Å². The van der Waals surface area contributed by atoms with Gasteiger partial charge in [-0.2, -0.15) is 0 Å². The van der Waals surface area contributed by atoms with Gasteiger partial charge < -0.3 is 19.8 Å². The lowest BCUT2D eigenvalue weighted by Crippen LogP contribution is -2.47. The third-order valence-electron chi connectivity index (χ3n) is 5.97. The van der Waals surface area contributed by atoms with Crippen LogP contribution in [0.5, 0.6) is 0 Å². The van der Waals surface area contributed by atoms with Crippen LogP contribution in [0.4, 0.5) is 0 Å². The van der Waals surface area contributed by atoms with Gasteiger partial charge >= 0.3 is 11.8 Å². The van der Waals surface area contributed by atoms with E-state index in [1.165, 1.54) is 10.8 Å². The Morgan fingerprint density at radius 1 is 0.719 bits per heavy atom. The fourth-order valence-corrected chi connectivity index (χ4v) is 4.52. The van der Waals surface area contributed by atoms with E-state index in [4.69, 9.17) is 0 Å². The van der Waals surface area contributed by atoms with Crippen molar-refractivity contribution < 1.29 is 9.59 Å². The predicted octanol–water partition coefficient (Wildman–Crippen LogP) is 3.46. The lowest BCUT2D eigenvalue weighted by molar-refractivity contribution is -0.139. The quantitative estimate of drug-likeness (QED) is 0.460. The number of fused-ring (bicyclic) bond motifs is 2. The number of para-hydroxylation sites is 2. The lowest BCUT2D eigenvalue weighted by atomic mass is 10.1. The first kappa shape index (κ1) is 21.7. The molecule has 2 atom stereocenters. The molecule has 0 saturated carbocycles. The van der Waals surface area contributed by atoms with Gasteiger partial charge in [-0.1, -0.05) is 36.4 Å². The molecule has 0 aliphatic carbocycles. The van der Waals surface area contributed by atoms with E-state index in [0.29, 0.717) is 12.8 Å². The summed E-state index contributed by atoms with van der Waals surface area (Å²) in [6, 6.07) is 16.1. The number of hydrogen-bond donors (Lipinski definition) is 2. The Morgan fingerprint density at radius 3 is 1.50 bits per heavy atom. The smallest absolute Gasteiger partial charge is 0.309 e. The van der Waals surface area contributed by atoms with Crippen LogP contribution in [0.1, 0.15) is 25.0 Å². The first-order valence-electron chi connectivity index (χ1n) is 11.0. The fraction of sp³-hybridized carbons (Fsp3) is 0.308. The van der Waals surface area contributed by atoms with Crippen molar-refractivity contribution in [2.24, 2.45) is 14.1 Å². The number of benzene rings is 2. The van der Waals surface area contributed by atoms with Crippen molar-refractivity contribution in [3.05, 3.63) is 72.1 Å². The molecule has 0 aliphatic heterocycles. The summed E-state index contributed by atoms with van der Waals surface area (Å²) in [5.74, 6) is -1.19. The van der Waals surface area contributed by atoms with Gasteiger partial charge in [-0.05, 0) is 49.9 Å². The first-order chi connectivity index (χ1) is 15.3. The molecule has 0 bridgehead atoms. The average Bonchev–Trinajstić information content (AvgIpc) is 3.25. The van der Waals surface area contributed by atoms with Gasteiger partial charge in [0, 0.05) is 60.4 Å². The Kier molecular flexibility index (Phi) is 6.04. The molecule has 2 amide bonds. The molecule has 166 valence electrons. The third-order valence-corrected chi connectivity index (χ3v) is 5.97. The van der Waals surface area contributed by atoms with E-state index in [-0.39, 0.29) is 12.1 Å². The van der Waals surface area contributed by atoms with Crippen molar-refractivity contribution in [2.75, 3.05) is 0 Å². The molecular formula is C26H30N4O2. The van der Waals surface area contributed by atoms with Crippen LogP contribution in [-0.4, -0.2) is 33.0 Å². The Balaban J connectivity index is 1.34. The fourth-order valence-electron chi connectivity index (χ4n) is 4.52. The van der Waals surface area contributed by atoms with E-state index < -0.39 is 11.8 Å². The second-order valence-corrected chi connectivity index (χ2v) is 8.72. The van der Waals surface area contributed by atoms with Gasteiger partial charge in [0.25, 0.3) is 0 Å². The maximum Gasteiger partial charge on any atom is 0.309 e. The highest BCUT2D eigenvalue weighted by atomic mass is 16.2. The topological polar surface area (TPSA) is 68.1 Å². The number of nitrogens with one attached hydrogen (secondary N) is 2. The van der Waals surface area contributed by atoms with Gasteiger partial charge in [-0.15, -0.1) is 0 Å². The summed E-state index contributed by atoms with van der Waals surface area (Å²) in [7, 11) is 4.03. The predicted molar refractivity (Wildman–Crippen MR) is 128 cm³/mol. The lowest BCUT2D eigenvalue weighted by Gasteiger charge is -2.16. The largest absolute Gasteiger partial charge is 0.350 e. The minimum absolute atomic E-state index is 0.160. The van der Waals surface area contributed by atoms with Crippen molar-refractivity contribution in [1.82, 2.24) is 19.8 Å². The monoisotopic (exact) mass is 430 g/mol. The van der Waals surface area contributed by atoms with Gasteiger partial charge in [0.05, 0.1) is 0 Å². The highest BCUT2D eigenvalue weighted by Gasteiger charge is 2.20. The molecule has 2 unspecified atom stereocenters. The summed E-state index contributed by atoms with van der Waals surface area (Å²) in [5, 5.41) is 8.02. The zero-order valence-electron chi connectivity index (χ0n) is 19.1. The van der Waals surface area contributed by atoms with Crippen LogP contribution in [-0.2, 0) is 36.5 Å². The van der Waals surface area contributed by atoms with Crippen molar-refractivity contribution in [3.8, 4) is 0 Å². The Morgan fingerprint density at radius 2 is 1.09 bits per heavy atom. The molecule has 0 saturated heterocycles. The number of aryl methyl sites for hydroxylation is 2. The molecule has 2 aromatic heterocycles. The summed E-state index contributed by atoms with van der Waals surface area (Å²) in [6.45, 7) is 3.85. The summed E-state index contributed by atoms with van der Waals surface area (Å²) < 4.78 is 4.17. The zero-order chi connectivity index (χ0) is 22.8. The number of nitrogens with zero attached hydrogens (tertiary/aromatic N) is 2. The van der Waals surface area contributed by atoms with Crippen LogP contribution in [0.3, 0.4) is 0 Å². The molecule has 6 nitrogen and oxygen atoms in total. The van der Waals surface area contributed by atoms with Gasteiger partial charge in [0.1, 0.15) is 0 Å². The number of hydrogen-bond acceptors (Lipinski definition) is 2. The molecular weight excluding hydrogens is 400 g/mol. The van der Waals surface area contributed by atoms with E-state index >= 15 is 0 Å². The van der Waals surface area contributed by atoms with Crippen molar-refractivity contribution >= 4 is 33.6 Å². The first-order valence-corrected chi connectivity index (χ1v) is 11.0. The minimum Gasteiger partial charge on any atom is -0.350 e. The SMILES string of the molecule is CC(Cc1cn(C)c2ccccc12)NC(=O)C(=O)NC(C)Cc1cn(C)c2ccccc12. The van der Waals surface area contributed by atoms with Gasteiger partial charge in [-0.3, -0.25) is 9.59 Å². The summed E-state index contributed by atoms with van der Waals surface area (Å²) in [5.41, 5.74) is 4.61. The zero-order valence-corrected chi connectivity index (χ0v) is 19.1. The molecule has 2 N–H and O–H groups in total. The third kappa shape index (κ3) is 4.40. The van der Waals surface area contributed by atoms with Gasteiger partial charge in [-0.25, -0.2) is 0 Å². The van der Waals surface area contributed by atoms with Crippen molar-refractivity contribution in [2.45, 2.75) is 38.8 Å². The molecule has 4 rings (SSSR count). The van der Waals surface area contributed by atoms with Crippen LogP contribution in [0.25, 0.3) is 21.8 Å². The number of carbonyl (C=O) groups excluding carboxylic acids is 2. The maximum absolute atomic E-state index is 12.5. The average molecular weight is 431 g/mol. The number of amides is 2. The molecule has 2 aromatic carbocycles. The second-order valence-electron chi connectivity index (χ2n) is 8.72. The number of carbonyl (C=O) groups is 2. The Labute approximate surface area is 188 Å². The second kappa shape index (κ2) is 8.91. The minimum atomic E-state index is -0.595. The Bertz CT molecular complexity index is 1180. The maximum atomic E-state index is 12.5. The van der Waals surface area contributed by atoms with E-state index in [1.807, 2.05) is 52.2 Å². The standard InChI is InChI=1S/C26H30N4O2/c1-17(13-19-15-29(3)23-11-7-5-9-21(19)23)27-25(31)26(32)28-18(2)14-20-16-30(4)24-12-8-6-10-22(20)24/h5-12,15-18H,13-14H2,1-4H3,(H,27,31)(H,28,32). The molecule has 0 radical (unpaired) electrons. The van der Waals surface area contributed by atoms with Crippen molar-refractivity contribution in [3.63, 3.8) is 0 Å². The number of aromatic nitrogens is 2. The molecule has 0 spiro atoms. The Hall–Kier alpha value is -3.54. The van der Waals surface area contributed by atoms with Gasteiger partial charge in [0.15, 0.2) is 0 Å². The van der Waals surface area contributed by atoms with E-state index in [0.717, 1.165) is 22.2 Å². The van der Waals surface area contributed by atoms with E-state index in [9.17, 15) is 9.59 Å². The van der Waals surface area contributed by atoms with Crippen LogP contribution in [0.2, 0.25) is 0 Å². The molecule has 2 heterocycles. The summed E-state index contributed by atoms with van der Waals surface area (Å²) in [6.07, 6.45) is 5.48. The highest BCUT2D eigenvalue weighted by molar-refractivity contribution is 6.35. The molecule has 4 aromatic rings. The van der Waals surface area contributed by atoms with Gasteiger partial charge in [0.2, 0.25) is 0 Å². The summed E-state index contributed by atoms with van der Waals surface area (Å²) in [4.78, 5) is 25.0. The molecule has 0 fully saturated rings. The van der Waals surface area contributed by atoms with E-state index in [1.54, 1.807) is 0 Å². The molecule has 6 heteroatoms. The van der Waals surface area contributed by atoms with E-state index in [2.05, 4.69) is 56.4 Å². The number of rotatable bonds is 6. The molecule has 32 heavy (non-hydrogen) atoms. The van der Waals surface area contributed by atoms with Crippen molar-refractivity contribution in [1.29, 1.82) is 0 Å². The summed E-state index contributed by atoms with van der Waals surface area (Å²) >= 11 is 0. The highest BCUT2D eigenvalue weighted by Crippen LogP contribution is 2.22. The van der Waals surface area contributed by atoms with Crippen LogP contribution in [0.15, 0.2) is 60.9 Å². The van der Waals surface area contributed by atoms with Crippen LogP contribution >= 0.6 is 0 Å². The molecule has 0 aliphatic rings. The van der Waals surface area contributed by atoms with Crippen LogP contribution < -0.4 is 10.6 Å².